The predicted molar refractivity (Wildman–Crippen MR) is 115 cm³/mol. The SMILES string of the molecule is COc1ccc(NC(=O)N2CCCC2c2nnc(C(=O)Nc3ccc(F)cc3)s2)cc1. The summed E-state index contributed by atoms with van der Waals surface area (Å²) in [5.41, 5.74) is 1.12. The molecule has 3 amide bonds. The third kappa shape index (κ3) is 4.80. The molecule has 0 saturated carbocycles. The normalized spacial score (nSPS) is 15.5. The average Bonchev–Trinajstić information content (AvgIpc) is 3.45. The number of likely N-dealkylation sites (tertiary alicyclic amines) is 1. The Morgan fingerprint density at radius 3 is 2.45 bits per heavy atom. The molecule has 4 rings (SSSR count). The molecule has 1 saturated heterocycles. The highest BCUT2D eigenvalue weighted by Gasteiger charge is 2.33. The second-order valence-corrected chi connectivity index (χ2v) is 7.93. The standard InChI is InChI=1S/C21H20FN5O3S/c1-30-16-10-8-15(9-11-16)24-21(29)27-12-2-3-17(27)19-25-26-20(31-19)18(28)23-14-6-4-13(22)5-7-14/h4-11,17H,2-3,12H2,1H3,(H,23,28)(H,24,29). The van der Waals surface area contributed by atoms with Crippen LogP contribution in [-0.2, 0) is 0 Å². The molecule has 3 aromatic rings. The van der Waals surface area contributed by atoms with Gasteiger partial charge in [-0.2, -0.15) is 0 Å². The number of hydrogen-bond acceptors (Lipinski definition) is 6. The van der Waals surface area contributed by atoms with Gasteiger partial charge in [-0.05, 0) is 61.4 Å². The monoisotopic (exact) mass is 441 g/mol. The van der Waals surface area contributed by atoms with E-state index in [9.17, 15) is 14.0 Å². The van der Waals surface area contributed by atoms with Crippen molar-refractivity contribution in [3.8, 4) is 5.75 Å². The van der Waals surface area contributed by atoms with Crippen molar-refractivity contribution in [3.63, 3.8) is 0 Å². The highest BCUT2D eigenvalue weighted by Crippen LogP contribution is 2.34. The molecule has 2 N–H and O–H groups in total. The van der Waals surface area contributed by atoms with Crippen molar-refractivity contribution in [1.29, 1.82) is 0 Å². The topological polar surface area (TPSA) is 96.4 Å². The van der Waals surface area contributed by atoms with Crippen molar-refractivity contribution >= 4 is 34.6 Å². The fourth-order valence-electron chi connectivity index (χ4n) is 3.31. The minimum atomic E-state index is -0.428. The van der Waals surface area contributed by atoms with E-state index >= 15 is 0 Å². The van der Waals surface area contributed by atoms with Crippen LogP contribution < -0.4 is 15.4 Å². The molecule has 1 unspecified atom stereocenters. The van der Waals surface area contributed by atoms with Gasteiger partial charge >= 0.3 is 6.03 Å². The number of urea groups is 1. The summed E-state index contributed by atoms with van der Waals surface area (Å²) in [5, 5.41) is 14.5. The number of methoxy groups -OCH3 is 1. The number of amides is 3. The number of aromatic nitrogens is 2. The van der Waals surface area contributed by atoms with Crippen LogP contribution in [0.2, 0.25) is 0 Å². The van der Waals surface area contributed by atoms with E-state index in [2.05, 4.69) is 20.8 Å². The van der Waals surface area contributed by atoms with E-state index in [1.807, 2.05) is 0 Å². The summed E-state index contributed by atoms with van der Waals surface area (Å²) in [6.07, 6.45) is 1.57. The van der Waals surface area contributed by atoms with Crippen LogP contribution in [0.3, 0.4) is 0 Å². The lowest BCUT2D eigenvalue weighted by Gasteiger charge is -2.23. The molecule has 0 radical (unpaired) electrons. The van der Waals surface area contributed by atoms with Crippen LogP contribution in [0.4, 0.5) is 20.6 Å². The zero-order valence-electron chi connectivity index (χ0n) is 16.7. The molecule has 31 heavy (non-hydrogen) atoms. The van der Waals surface area contributed by atoms with Crippen molar-refractivity contribution in [1.82, 2.24) is 15.1 Å². The summed E-state index contributed by atoms with van der Waals surface area (Å²) >= 11 is 1.15. The molecule has 160 valence electrons. The van der Waals surface area contributed by atoms with Gasteiger partial charge in [0.1, 0.15) is 16.6 Å². The number of rotatable bonds is 5. The second kappa shape index (κ2) is 9.09. The fourth-order valence-corrected chi connectivity index (χ4v) is 4.20. The van der Waals surface area contributed by atoms with Crippen LogP contribution in [0.25, 0.3) is 0 Å². The van der Waals surface area contributed by atoms with E-state index in [0.717, 1.165) is 24.2 Å². The van der Waals surface area contributed by atoms with Crippen molar-refractivity contribution in [2.24, 2.45) is 0 Å². The van der Waals surface area contributed by atoms with Gasteiger partial charge in [0.25, 0.3) is 5.91 Å². The summed E-state index contributed by atoms with van der Waals surface area (Å²) in [6.45, 7) is 0.587. The molecule has 2 heterocycles. The molecule has 1 aliphatic heterocycles. The quantitative estimate of drug-likeness (QED) is 0.615. The number of anilines is 2. The largest absolute Gasteiger partial charge is 0.497 e. The van der Waals surface area contributed by atoms with Crippen LogP contribution in [0.15, 0.2) is 48.5 Å². The molecule has 8 nitrogen and oxygen atoms in total. The molecule has 0 aliphatic carbocycles. The molecule has 1 aliphatic rings. The second-order valence-electron chi connectivity index (χ2n) is 6.92. The zero-order valence-corrected chi connectivity index (χ0v) is 17.5. The van der Waals surface area contributed by atoms with E-state index < -0.39 is 5.91 Å². The van der Waals surface area contributed by atoms with Gasteiger partial charge in [-0.3, -0.25) is 4.79 Å². The predicted octanol–water partition coefficient (Wildman–Crippen LogP) is 4.31. The number of ether oxygens (including phenoxy) is 1. The van der Waals surface area contributed by atoms with E-state index in [0.29, 0.717) is 28.7 Å². The van der Waals surface area contributed by atoms with Crippen molar-refractivity contribution in [2.75, 3.05) is 24.3 Å². The maximum Gasteiger partial charge on any atom is 0.322 e. The minimum absolute atomic E-state index is 0.182. The van der Waals surface area contributed by atoms with Gasteiger partial charge < -0.3 is 20.3 Å². The Labute approximate surface area is 182 Å². The van der Waals surface area contributed by atoms with Gasteiger partial charge in [0.15, 0.2) is 0 Å². The van der Waals surface area contributed by atoms with Gasteiger partial charge in [-0.15, -0.1) is 10.2 Å². The first-order chi connectivity index (χ1) is 15.0. The molecule has 2 aromatic carbocycles. The van der Waals surface area contributed by atoms with Crippen molar-refractivity contribution in [3.05, 3.63) is 64.4 Å². The Hall–Kier alpha value is -3.53. The van der Waals surface area contributed by atoms with E-state index in [4.69, 9.17) is 4.74 Å². The minimum Gasteiger partial charge on any atom is -0.497 e. The molecular formula is C21H20FN5O3S. The fraction of sp³-hybridized carbons (Fsp3) is 0.238. The number of halogens is 1. The Balaban J connectivity index is 1.42. The van der Waals surface area contributed by atoms with Crippen LogP contribution in [-0.4, -0.2) is 40.7 Å². The molecule has 0 spiro atoms. The number of nitrogens with zero attached hydrogens (tertiary/aromatic N) is 3. The third-order valence-electron chi connectivity index (χ3n) is 4.88. The molecule has 0 bridgehead atoms. The first kappa shape index (κ1) is 20.7. The summed E-state index contributed by atoms with van der Waals surface area (Å²) in [6, 6.07) is 12.1. The molecule has 1 fully saturated rings. The lowest BCUT2D eigenvalue weighted by molar-refractivity contribution is 0.102. The molecule has 10 heteroatoms. The molecule has 1 atom stereocenters. The Kier molecular flexibility index (Phi) is 6.08. The maximum atomic E-state index is 13.0. The van der Waals surface area contributed by atoms with Crippen LogP contribution >= 0.6 is 11.3 Å². The molecule has 1 aromatic heterocycles. The van der Waals surface area contributed by atoms with Crippen molar-refractivity contribution < 1.29 is 18.7 Å². The van der Waals surface area contributed by atoms with Crippen LogP contribution in [0, 0.1) is 5.82 Å². The van der Waals surface area contributed by atoms with Crippen LogP contribution in [0.5, 0.6) is 5.75 Å². The zero-order chi connectivity index (χ0) is 21.8. The Bertz CT molecular complexity index is 1070. The first-order valence-electron chi connectivity index (χ1n) is 9.65. The first-order valence-corrected chi connectivity index (χ1v) is 10.5. The number of carbonyl (C=O) groups excluding carboxylic acids is 2. The van der Waals surface area contributed by atoms with Gasteiger partial charge in [-0.1, -0.05) is 11.3 Å². The van der Waals surface area contributed by atoms with Gasteiger partial charge in [0, 0.05) is 17.9 Å². The van der Waals surface area contributed by atoms with Crippen LogP contribution in [0.1, 0.15) is 33.7 Å². The average molecular weight is 441 g/mol. The summed E-state index contributed by atoms with van der Waals surface area (Å²) in [7, 11) is 1.58. The van der Waals surface area contributed by atoms with Gasteiger partial charge in [0.05, 0.1) is 13.2 Å². The third-order valence-corrected chi connectivity index (χ3v) is 5.90. The summed E-state index contributed by atoms with van der Waals surface area (Å²) in [4.78, 5) is 26.9. The highest BCUT2D eigenvalue weighted by atomic mass is 32.1. The van der Waals surface area contributed by atoms with Crippen molar-refractivity contribution in [2.45, 2.75) is 18.9 Å². The number of benzene rings is 2. The van der Waals surface area contributed by atoms with Gasteiger partial charge in [0.2, 0.25) is 5.01 Å². The van der Waals surface area contributed by atoms with E-state index in [1.165, 1.54) is 24.3 Å². The number of carbonyl (C=O) groups is 2. The summed E-state index contributed by atoms with van der Waals surface area (Å²) < 4.78 is 18.1. The lowest BCUT2D eigenvalue weighted by atomic mass is 10.2. The smallest absolute Gasteiger partial charge is 0.322 e. The van der Waals surface area contributed by atoms with Gasteiger partial charge in [-0.25, -0.2) is 9.18 Å². The maximum absolute atomic E-state index is 13.0. The highest BCUT2D eigenvalue weighted by molar-refractivity contribution is 7.13. The van der Waals surface area contributed by atoms with E-state index in [1.54, 1.807) is 36.3 Å². The summed E-state index contributed by atoms with van der Waals surface area (Å²) in [5.74, 6) is -0.106. The number of nitrogens with one attached hydrogen (secondary N) is 2. The Morgan fingerprint density at radius 1 is 1.06 bits per heavy atom. The van der Waals surface area contributed by atoms with E-state index in [-0.39, 0.29) is 22.9 Å². The Morgan fingerprint density at radius 2 is 1.74 bits per heavy atom. The lowest BCUT2D eigenvalue weighted by Crippen LogP contribution is -2.34. The molecular weight excluding hydrogens is 421 g/mol. The number of hydrogen-bond donors (Lipinski definition) is 2.